The Morgan fingerprint density at radius 1 is 1.32 bits per heavy atom. The Bertz CT molecular complexity index is 672. The average molecular weight is 547 g/mol. The van der Waals surface area contributed by atoms with Crippen molar-refractivity contribution in [1.82, 2.24) is 15.4 Å². The minimum atomic E-state index is -1.17. The van der Waals surface area contributed by atoms with E-state index in [9.17, 15) is 9.18 Å². The molecule has 3 N–H and O–H groups in total. The van der Waals surface area contributed by atoms with Gasteiger partial charge in [-0.15, -0.1) is 24.8 Å². The number of aromatic nitrogens is 1. The molecular formula is C18H26Cl2FIN4O2. The molecule has 1 aromatic heterocycles. The predicted molar refractivity (Wildman–Crippen MR) is 121 cm³/mol. The van der Waals surface area contributed by atoms with E-state index in [4.69, 9.17) is 5.21 Å². The van der Waals surface area contributed by atoms with E-state index in [0.29, 0.717) is 15.2 Å². The summed E-state index contributed by atoms with van der Waals surface area (Å²) in [5.41, 5.74) is 1.72. The van der Waals surface area contributed by atoms with Gasteiger partial charge in [-0.05, 0) is 56.0 Å². The van der Waals surface area contributed by atoms with Gasteiger partial charge in [-0.25, -0.2) is 14.9 Å². The van der Waals surface area contributed by atoms with Crippen molar-refractivity contribution in [2.75, 3.05) is 18.4 Å². The number of pyridine rings is 1. The number of carbonyl (C=O) groups excluding carboxylic acids is 1. The Morgan fingerprint density at radius 2 is 2.04 bits per heavy atom. The van der Waals surface area contributed by atoms with Gasteiger partial charge in [0.2, 0.25) is 0 Å². The lowest BCUT2D eigenvalue weighted by atomic mass is 10.0. The third-order valence-electron chi connectivity index (χ3n) is 5.11. The second-order valence-electron chi connectivity index (χ2n) is 6.96. The first kappa shape index (κ1) is 25.4. The monoisotopic (exact) mass is 546 g/mol. The van der Waals surface area contributed by atoms with Crippen LogP contribution in [0.2, 0.25) is 0 Å². The van der Waals surface area contributed by atoms with Crippen molar-refractivity contribution < 1.29 is 14.4 Å². The highest BCUT2D eigenvalue weighted by atomic mass is 127. The van der Waals surface area contributed by atoms with Gasteiger partial charge in [0.1, 0.15) is 5.82 Å². The van der Waals surface area contributed by atoms with Crippen LogP contribution in [0.1, 0.15) is 44.1 Å². The maximum absolute atomic E-state index is 13.4. The number of carbonyl (C=O) groups is 1. The Kier molecular flexibility index (Phi) is 10.4. The van der Waals surface area contributed by atoms with Crippen LogP contribution in [0.4, 0.5) is 10.2 Å². The van der Waals surface area contributed by atoms with Crippen LogP contribution in [-0.2, 0) is 4.79 Å². The minimum absolute atomic E-state index is 0. The van der Waals surface area contributed by atoms with Crippen molar-refractivity contribution in [3.8, 4) is 0 Å². The van der Waals surface area contributed by atoms with Gasteiger partial charge in [0, 0.05) is 18.8 Å². The normalized spacial score (nSPS) is 22.0. The van der Waals surface area contributed by atoms with Crippen LogP contribution in [0.25, 0.3) is 6.08 Å². The Labute approximate surface area is 190 Å². The maximum Gasteiger partial charge on any atom is 0.303 e. The van der Waals surface area contributed by atoms with Crippen LogP contribution < -0.4 is 10.8 Å². The predicted octanol–water partition coefficient (Wildman–Crippen LogP) is 4.32. The third kappa shape index (κ3) is 6.41. The van der Waals surface area contributed by atoms with Gasteiger partial charge in [0.05, 0.1) is 3.55 Å². The van der Waals surface area contributed by atoms with E-state index in [0.717, 1.165) is 31.4 Å². The van der Waals surface area contributed by atoms with Crippen molar-refractivity contribution in [1.29, 1.82) is 0 Å². The largest absolute Gasteiger partial charge is 0.366 e. The summed E-state index contributed by atoms with van der Waals surface area (Å²) in [5.74, 6) is -1.49. The number of rotatable bonds is 5. The fourth-order valence-electron chi connectivity index (χ4n) is 3.74. The zero-order valence-electron chi connectivity index (χ0n) is 15.4. The summed E-state index contributed by atoms with van der Waals surface area (Å²) in [4.78, 5) is 17.9. The molecular weight excluding hydrogens is 521 g/mol. The van der Waals surface area contributed by atoms with Crippen molar-refractivity contribution in [2.24, 2.45) is 0 Å². The lowest BCUT2D eigenvalue weighted by Gasteiger charge is -2.42. The smallest absolute Gasteiger partial charge is 0.303 e. The van der Waals surface area contributed by atoms with Crippen LogP contribution in [0.15, 0.2) is 24.2 Å². The summed E-state index contributed by atoms with van der Waals surface area (Å²) in [6, 6.07) is 3.82. The SMILES string of the molecule is Cl.Cl.O=C(NO)C(F)=Cc1ccc(N[C@@H]2CCCN(C3(I)CCCC3)C2)nc1. The van der Waals surface area contributed by atoms with Crippen molar-refractivity contribution in [3.05, 3.63) is 29.7 Å². The lowest BCUT2D eigenvalue weighted by molar-refractivity contribution is -0.126. The minimum Gasteiger partial charge on any atom is -0.366 e. The van der Waals surface area contributed by atoms with Crippen LogP contribution in [-0.4, -0.2) is 43.7 Å². The van der Waals surface area contributed by atoms with E-state index in [1.165, 1.54) is 43.8 Å². The molecule has 0 bridgehead atoms. The van der Waals surface area contributed by atoms with Crippen molar-refractivity contribution >= 4 is 65.2 Å². The molecule has 0 radical (unpaired) electrons. The molecule has 2 aliphatic rings. The first-order valence-electron chi connectivity index (χ1n) is 8.98. The van der Waals surface area contributed by atoms with Gasteiger partial charge in [0.15, 0.2) is 5.83 Å². The van der Waals surface area contributed by atoms with Gasteiger partial charge in [-0.1, -0.05) is 35.4 Å². The molecule has 1 aliphatic heterocycles. The molecule has 0 unspecified atom stereocenters. The lowest BCUT2D eigenvalue weighted by Crippen LogP contribution is -2.50. The summed E-state index contributed by atoms with van der Waals surface area (Å²) in [5, 5.41) is 11.9. The number of halogens is 4. The van der Waals surface area contributed by atoms with E-state index in [2.05, 4.69) is 37.8 Å². The highest BCUT2D eigenvalue weighted by Gasteiger charge is 2.39. The van der Waals surface area contributed by atoms with Crippen LogP contribution in [0, 0.1) is 0 Å². The zero-order chi connectivity index (χ0) is 18.6. The van der Waals surface area contributed by atoms with Gasteiger partial charge >= 0.3 is 5.91 Å². The second kappa shape index (κ2) is 11.5. The Balaban J connectivity index is 0.00000196. The Hall–Kier alpha value is -0.680. The van der Waals surface area contributed by atoms with Crippen LogP contribution >= 0.6 is 47.4 Å². The fourth-order valence-corrected chi connectivity index (χ4v) is 4.94. The molecule has 1 saturated carbocycles. The number of likely N-dealkylation sites (tertiary alicyclic amines) is 1. The summed E-state index contributed by atoms with van der Waals surface area (Å²) in [7, 11) is 0. The number of nitrogens with zero attached hydrogens (tertiary/aromatic N) is 2. The van der Waals surface area contributed by atoms with E-state index in [1.54, 1.807) is 12.1 Å². The molecule has 0 aromatic carbocycles. The van der Waals surface area contributed by atoms with E-state index >= 15 is 0 Å². The topological polar surface area (TPSA) is 77.5 Å². The number of alkyl halides is 1. The molecule has 28 heavy (non-hydrogen) atoms. The van der Waals surface area contributed by atoms with Gasteiger partial charge in [-0.3, -0.25) is 14.9 Å². The molecule has 10 heteroatoms. The molecule has 1 amide bonds. The molecule has 1 atom stereocenters. The summed E-state index contributed by atoms with van der Waals surface area (Å²) in [6.45, 7) is 2.17. The molecule has 2 fully saturated rings. The van der Waals surface area contributed by atoms with Crippen LogP contribution in [0.5, 0.6) is 0 Å². The number of hydroxylamine groups is 1. The molecule has 2 heterocycles. The molecule has 3 rings (SSSR count). The quantitative estimate of drug-likeness (QED) is 0.128. The summed E-state index contributed by atoms with van der Waals surface area (Å²) >= 11 is 2.64. The third-order valence-corrected chi connectivity index (χ3v) is 6.87. The van der Waals surface area contributed by atoms with Crippen LogP contribution in [0.3, 0.4) is 0 Å². The van der Waals surface area contributed by atoms with Gasteiger partial charge in [0.25, 0.3) is 0 Å². The van der Waals surface area contributed by atoms with Crippen molar-refractivity contribution in [3.63, 3.8) is 0 Å². The van der Waals surface area contributed by atoms with Crippen molar-refractivity contribution in [2.45, 2.75) is 48.1 Å². The molecule has 158 valence electrons. The maximum atomic E-state index is 13.4. The number of amides is 1. The standard InChI is InChI=1S/C18H24FIN4O2.2ClH/c19-15(17(25)23-26)10-13-5-6-16(21-11-13)22-14-4-3-9-24(12-14)18(20)7-1-2-8-18;;/h5-6,10-11,14,26H,1-4,7-9,12H2,(H,21,22)(H,23,25);2*1H/t14-;;/m1../s1. The summed E-state index contributed by atoms with van der Waals surface area (Å²) < 4.78 is 13.7. The second-order valence-corrected chi connectivity index (χ2v) is 8.97. The first-order chi connectivity index (χ1) is 12.5. The average Bonchev–Trinajstić information content (AvgIpc) is 3.11. The number of hydrogen-bond acceptors (Lipinski definition) is 5. The Morgan fingerprint density at radius 3 is 2.64 bits per heavy atom. The van der Waals surface area contributed by atoms with E-state index in [1.807, 2.05) is 0 Å². The molecule has 1 saturated heterocycles. The molecule has 6 nitrogen and oxygen atoms in total. The highest BCUT2D eigenvalue weighted by molar-refractivity contribution is 14.1. The number of anilines is 1. The van der Waals surface area contributed by atoms with Gasteiger partial charge in [-0.2, -0.15) is 0 Å². The van der Waals surface area contributed by atoms with Gasteiger partial charge < -0.3 is 5.32 Å². The number of nitrogens with one attached hydrogen (secondary N) is 2. The number of piperidine rings is 1. The number of hydrogen-bond donors (Lipinski definition) is 3. The first-order valence-corrected chi connectivity index (χ1v) is 10.1. The molecule has 1 aromatic rings. The highest BCUT2D eigenvalue weighted by Crippen LogP contribution is 2.42. The van der Waals surface area contributed by atoms with E-state index in [-0.39, 0.29) is 24.8 Å². The summed E-state index contributed by atoms with van der Waals surface area (Å²) in [6.07, 6.45) is 9.99. The zero-order valence-corrected chi connectivity index (χ0v) is 19.2. The fraction of sp³-hybridized carbons (Fsp3) is 0.556. The van der Waals surface area contributed by atoms with E-state index < -0.39 is 11.7 Å². The molecule has 1 aliphatic carbocycles. The molecule has 0 spiro atoms.